The second-order valence-electron chi connectivity index (χ2n) is 8.40. The molecule has 0 aliphatic rings. The highest BCUT2D eigenvalue weighted by Crippen LogP contribution is 2.20. The van der Waals surface area contributed by atoms with Crippen LogP contribution in [0.3, 0.4) is 0 Å². The SMILES string of the molecule is C/C(=N/OCCOc1ccc(CC(Oc2ccc(Cl)cc2)C(=O)O)cc1)c1ccc(-c2ccccn2)cc1. The summed E-state index contributed by atoms with van der Waals surface area (Å²) in [7, 11) is 0. The van der Waals surface area contributed by atoms with E-state index in [2.05, 4.69) is 10.1 Å². The molecule has 4 aromatic rings. The van der Waals surface area contributed by atoms with E-state index in [1.54, 1.807) is 42.6 Å². The van der Waals surface area contributed by atoms with Crippen molar-refractivity contribution < 1.29 is 24.2 Å². The normalized spacial score (nSPS) is 12.0. The van der Waals surface area contributed by atoms with E-state index in [0.717, 1.165) is 28.1 Å². The molecule has 0 aliphatic carbocycles. The molecule has 38 heavy (non-hydrogen) atoms. The Hall–Kier alpha value is -4.36. The first-order chi connectivity index (χ1) is 18.5. The molecule has 0 spiro atoms. The van der Waals surface area contributed by atoms with Gasteiger partial charge in [0.2, 0.25) is 0 Å². The first-order valence-electron chi connectivity index (χ1n) is 12.0. The molecule has 1 atom stereocenters. The van der Waals surface area contributed by atoms with Crippen LogP contribution in [0.5, 0.6) is 11.5 Å². The second-order valence-corrected chi connectivity index (χ2v) is 8.83. The molecule has 1 aromatic heterocycles. The number of benzene rings is 3. The fraction of sp³-hybridized carbons (Fsp3) is 0.167. The van der Waals surface area contributed by atoms with Crippen LogP contribution < -0.4 is 9.47 Å². The number of aliphatic carboxylic acids is 1. The number of carboxylic acid groups (broad SMARTS) is 1. The maximum atomic E-state index is 11.7. The van der Waals surface area contributed by atoms with Gasteiger partial charge in [-0.3, -0.25) is 4.98 Å². The molecule has 194 valence electrons. The third kappa shape index (κ3) is 7.82. The summed E-state index contributed by atoms with van der Waals surface area (Å²) < 4.78 is 11.3. The molecule has 1 unspecified atom stereocenters. The molecule has 3 aromatic carbocycles. The van der Waals surface area contributed by atoms with Crippen LogP contribution in [-0.2, 0) is 16.1 Å². The van der Waals surface area contributed by atoms with Gasteiger partial charge in [0.1, 0.15) is 18.1 Å². The van der Waals surface area contributed by atoms with Crippen molar-refractivity contribution in [3.63, 3.8) is 0 Å². The van der Waals surface area contributed by atoms with Gasteiger partial charge in [0, 0.05) is 23.2 Å². The molecule has 7 nitrogen and oxygen atoms in total. The summed E-state index contributed by atoms with van der Waals surface area (Å²) in [6, 6.07) is 27.6. The number of ether oxygens (including phenoxy) is 2. The predicted octanol–water partition coefficient (Wildman–Crippen LogP) is 6.30. The minimum Gasteiger partial charge on any atom is -0.490 e. The van der Waals surface area contributed by atoms with Gasteiger partial charge in [0.25, 0.3) is 0 Å². The highest BCUT2D eigenvalue weighted by molar-refractivity contribution is 6.30. The van der Waals surface area contributed by atoms with E-state index in [-0.39, 0.29) is 13.0 Å². The second kappa shape index (κ2) is 13.3. The molecule has 0 saturated heterocycles. The van der Waals surface area contributed by atoms with E-state index in [4.69, 9.17) is 25.9 Å². The summed E-state index contributed by atoms with van der Waals surface area (Å²) in [4.78, 5) is 21.4. The Bertz CT molecular complexity index is 1340. The van der Waals surface area contributed by atoms with Crippen LogP contribution in [0.15, 0.2) is 102 Å². The van der Waals surface area contributed by atoms with E-state index >= 15 is 0 Å². The Morgan fingerprint density at radius 3 is 2.29 bits per heavy atom. The number of oxime groups is 1. The maximum absolute atomic E-state index is 11.7. The number of carboxylic acids is 1. The molecule has 0 bridgehead atoms. The van der Waals surface area contributed by atoms with Crippen molar-refractivity contribution in [1.29, 1.82) is 0 Å². The zero-order valence-corrected chi connectivity index (χ0v) is 21.5. The predicted molar refractivity (Wildman–Crippen MR) is 147 cm³/mol. The lowest BCUT2D eigenvalue weighted by molar-refractivity contribution is -0.145. The Morgan fingerprint density at radius 2 is 1.63 bits per heavy atom. The highest BCUT2D eigenvalue weighted by atomic mass is 35.5. The molecule has 0 amide bonds. The van der Waals surface area contributed by atoms with Gasteiger partial charge < -0.3 is 19.4 Å². The lowest BCUT2D eigenvalue weighted by Gasteiger charge is -2.15. The molecular formula is C30H27ClN2O5. The zero-order valence-electron chi connectivity index (χ0n) is 20.8. The van der Waals surface area contributed by atoms with Crippen molar-refractivity contribution in [3.05, 3.63) is 113 Å². The molecule has 0 aliphatic heterocycles. The van der Waals surface area contributed by atoms with Gasteiger partial charge in [-0.1, -0.05) is 59.2 Å². The number of aromatic nitrogens is 1. The lowest BCUT2D eigenvalue weighted by atomic mass is 10.1. The number of pyridine rings is 1. The van der Waals surface area contributed by atoms with Crippen molar-refractivity contribution in [2.45, 2.75) is 19.4 Å². The Labute approximate surface area is 226 Å². The average molecular weight is 531 g/mol. The number of carbonyl (C=O) groups is 1. The van der Waals surface area contributed by atoms with Gasteiger partial charge in [-0.05, 0) is 66.6 Å². The van der Waals surface area contributed by atoms with E-state index in [1.807, 2.05) is 61.5 Å². The molecular weight excluding hydrogens is 504 g/mol. The number of nitrogens with zero attached hydrogens (tertiary/aromatic N) is 2. The Morgan fingerprint density at radius 1 is 0.921 bits per heavy atom. The van der Waals surface area contributed by atoms with E-state index < -0.39 is 12.1 Å². The molecule has 8 heteroatoms. The molecule has 1 N–H and O–H groups in total. The van der Waals surface area contributed by atoms with E-state index in [1.165, 1.54) is 0 Å². The van der Waals surface area contributed by atoms with Crippen LogP contribution in [0.1, 0.15) is 18.1 Å². The van der Waals surface area contributed by atoms with Gasteiger partial charge in [-0.15, -0.1) is 0 Å². The van der Waals surface area contributed by atoms with Crippen LogP contribution in [0, 0.1) is 0 Å². The molecule has 0 fully saturated rings. The third-order valence-electron chi connectivity index (χ3n) is 5.62. The largest absolute Gasteiger partial charge is 0.490 e. The minimum absolute atomic E-state index is 0.207. The third-order valence-corrected chi connectivity index (χ3v) is 5.87. The number of hydrogen-bond acceptors (Lipinski definition) is 6. The van der Waals surface area contributed by atoms with Gasteiger partial charge in [0.15, 0.2) is 12.7 Å². The zero-order chi connectivity index (χ0) is 26.7. The van der Waals surface area contributed by atoms with Gasteiger partial charge in [-0.2, -0.15) is 0 Å². The molecule has 0 saturated carbocycles. The summed E-state index contributed by atoms with van der Waals surface area (Å²) in [6.45, 7) is 2.48. The Kier molecular flexibility index (Phi) is 9.32. The van der Waals surface area contributed by atoms with Gasteiger partial charge >= 0.3 is 5.97 Å². The summed E-state index contributed by atoms with van der Waals surface area (Å²) in [5, 5.41) is 14.3. The van der Waals surface area contributed by atoms with E-state index in [9.17, 15) is 9.90 Å². The number of rotatable bonds is 12. The van der Waals surface area contributed by atoms with Crippen molar-refractivity contribution in [3.8, 4) is 22.8 Å². The van der Waals surface area contributed by atoms with Gasteiger partial charge in [0.05, 0.1) is 11.4 Å². The van der Waals surface area contributed by atoms with Crippen LogP contribution in [0.4, 0.5) is 0 Å². The van der Waals surface area contributed by atoms with Crippen LogP contribution in [0.25, 0.3) is 11.3 Å². The topological polar surface area (TPSA) is 90.2 Å². The fourth-order valence-electron chi connectivity index (χ4n) is 3.60. The van der Waals surface area contributed by atoms with Crippen molar-refractivity contribution in [2.24, 2.45) is 5.16 Å². The van der Waals surface area contributed by atoms with Gasteiger partial charge in [-0.25, -0.2) is 4.79 Å². The lowest BCUT2D eigenvalue weighted by Crippen LogP contribution is -2.29. The summed E-state index contributed by atoms with van der Waals surface area (Å²) in [5.74, 6) is 0.0484. The number of hydrogen-bond donors (Lipinski definition) is 1. The van der Waals surface area contributed by atoms with E-state index in [0.29, 0.717) is 23.1 Å². The first-order valence-corrected chi connectivity index (χ1v) is 12.4. The van der Waals surface area contributed by atoms with Crippen molar-refractivity contribution in [2.75, 3.05) is 13.2 Å². The summed E-state index contributed by atoms with van der Waals surface area (Å²) >= 11 is 5.87. The average Bonchev–Trinajstić information content (AvgIpc) is 2.95. The van der Waals surface area contributed by atoms with Crippen molar-refractivity contribution >= 4 is 23.3 Å². The van der Waals surface area contributed by atoms with Crippen molar-refractivity contribution in [1.82, 2.24) is 4.98 Å². The molecule has 4 rings (SSSR count). The smallest absolute Gasteiger partial charge is 0.345 e. The van der Waals surface area contributed by atoms with Crippen LogP contribution in [0.2, 0.25) is 5.02 Å². The van der Waals surface area contributed by atoms with Crippen LogP contribution >= 0.6 is 11.6 Å². The fourth-order valence-corrected chi connectivity index (χ4v) is 3.73. The molecule has 0 radical (unpaired) electrons. The quantitative estimate of drug-likeness (QED) is 0.131. The summed E-state index contributed by atoms with van der Waals surface area (Å²) in [5.41, 5.74) is 4.49. The monoisotopic (exact) mass is 530 g/mol. The minimum atomic E-state index is -1.04. The highest BCUT2D eigenvalue weighted by Gasteiger charge is 2.20. The Balaban J connectivity index is 1.21. The standard InChI is InChI=1S/C30H27ClN2O5/c1-21(23-7-9-24(10-8-23)28-4-2-3-17-32-28)33-37-19-18-36-26-13-5-22(6-14-26)20-29(30(34)35)38-27-15-11-25(31)12-16-27/h2-17,29H,18-20H2,1H3,(H,34,35)/b33-21-. The maximum Gasteiger partial charge on any atom is 0.345 e. The first kappa shape index (κ1) is 26.7. The number of halogens is 1. The van der Waals surface area contributed by atoms with Crippen LogP contribution in [-0.4, -0.2) is 41.1 Å². The molecule has 1 heterocycles. The summed E-state index contributed by atoms with van der Waals surface area (Å²) in [6.07, 6.45) is 0.954.